The van der Waals surface area contributed by atoms with Crippen molar-refractivity contribution in [3.8, 4) is 22.3 Å². The standard InChI is InChI=1S/C17H19N3O3S/c1-10-8-13(21-3)14(22-4)9-12(10)18-11(2)16-19-20-17(23-16)15-6-5-7-24-15/h5-9,11,18H,1-4H3/t11-/m0/s1. The number of hydrogen-bond acceptors (Lipinski definition) is 7. The fourth-order valence-electron chi connectivity index (χ4n) is 2.34. The van der Waals surface area contributed by atoms with Crippen molar-refractivity contribution < 1.29 is 13.9 Å². The van der Waals surface area contributed by atoms with Crippen LogP contribution in [0.15, 0.2) is 34.1 Å². The first-order valence-corrected chi connectivity index (χ1v) is 8.36. The van der Waals surface area contributed by atoms with Crippen LogP contribution in [-0.2, 0) is 0 Å². The van der Waals surface area contributed by atoms with Crippen LogP contribution in [0.1, 0.15) is 24.4 Å². The Balaban J connectivity index is 1.81. The Morgan fingerprint density at radius 2 is 1.92 bits per heavy atom. The number of thiophene rings is 1. The molecule has 0 amide bonds. The summed E-state index contributed by atoms with van der Waals surface area (Å²) in [5.74, 6) is 2.44. The molecule has 0 aliphatic heterocycles. The first kappa shape index (κ1) is 16.3. The largest absolute Gasteiger partial charge is 0.493 e. The van der Waals surface area contributed by atoms with Crippen LogP contribution in [-0.4, -0.2) is 24.4 Å². The van der Waals surface area contributed by atoms with Crippen molar-refractivity contribution in [3.63, 3.8) is 0 Å². The molecular formula is C17H19N3O3S. The molecule has 126 valence electrons. The van der Waals surface area contributed by atoms with E-state index in [1.807, 2.05) is 43.5 Å². The minimum Gasteiger partial charge on any atom is -0.493 e. The van der Waals surface area contributed by atoms with Crippen molar-refractivity contribution in [2.75, 3.05) is 19.5 Å². The zero-order valence-electron chi connectivity index (χ0n) is 14.0. The number of aryl methyl sites for hydroxylation is 1. The minimum absolute atomic E-state index is 0.136. The number of rotatable bonds is 6. The Morgan fingerprint density at radius 3 is 2.58 bits per heavy atom. The van der Waals surface area contributed by atoms with Crippen molar-refractivity contribution in [3.05, 3.63) is 41.1 Å². The lowest BCUT2D eigenvalue weighted by Crippen LogP contribution is -2.08. The van der Waals surface area contributed by atoms with Crippen LogP contribution in [0.5, 0.6) is 11.5 Å². The highest BCUT2D eigenvalue weighted by atomic mass is 32.1. The maximum Gasteiger partial charge on any atom is 0.257 e. The highest BCUT2D eigenvalue weighted by Crippen LogP contribution is 2.34. The summed E-state index contributed by atoms with van der Waals surface area (Å²) in [6.45, 7) is 3.98. The van der Waals surface area contributed by atoms with Crippen LogP contribution < -0.4 is 14.8 Å². The van der Waals surface area contributed by atoms with E-state index in [0.717, 1.165) is 16.1 Å². The van der Waals surface area contributed by atoms with Gasteiger partial charge in [-0.05, 0) is 36.9 Å². The monoisotopic (exact) mass is 345 g/mol. The maximum absolute atomic E-state index is 5.77. The van der Waals surface area contributed by atoms with Gasteiger partial charge in [0.25, 0.3) is 5.89 Å². The molecule has 0 radical (unpaired) electrons. The van der Waals surface area contributed by atoms with Crippen molar-refractivity contribution in [1.82, 2.24) is 10.2 Å². The van der Waals surface area contributed by atoms with Gasteiger partial charge in [0.05, 0.1) is 19.1 Å². The van der Waals surface area contributed by atoms with E-state index >= 15 is 0 Å². The summed E-state index contributed by atoms with van der Waals surface area (Å²) < 4.78 is 16.4. The lowest BCUT2D eigenvalue weighted by Gasteiger charge is -2.16. The summed E-state index contributed by atoms with van der Waals surface area (Å²) in [7, 11) is 3.24. The van der Waals surface area contributed by atoms with Gasteiger partial charge in [0.15, 0.2) is 11.5 Å². The van der Waals surface area contributed by atoms with Gasteiger partial charge in [0.2, 0.25) is 5.89 Å². The van der Waals surface area contributed by atoms with Crippen molar-refractivity contribution in [2.45, 2.75) is 19.9 Å². The summed E-state index contributed by atoms with van der Waals surface area (Å²) >= 11 is 1.57. The molecule has 0 spiro atoms. The summed E-state index contributed by atoms with van der Waals surface area (Å²) in [5, 5.41) is 13.6. The van der Waals surface area contributed by atoms with Gasteiger partial charge in [-0.15, -0.1) is 21.5 Å². The van der Waals surface area contributed by atoms with Crippen molar-refractivity contribution >= 4 is 17.0 Å². The molecule has 0 aliphatic carbocycles. The predicted octanol–water partition coefficient (Wildman–Crippen LogP) is 4.30. The Bertz CT molecular complexity index is 815. The van der Waals surface area contributed by atoms with E-state index in [-0.39, 0.29) is 6.04 Å². The van der Waals surface area contributed by atoms with E-state index in [4.69, 9.17) is 13.9 Å². The molecule has 1 atom stereocenters. The fourth-order valence-corrected chi connectivity index (χ4v) is 2.98. The van der Waals surface area contributed by atoms with Crippen LogP contribution in [0.4, 0.5) is 5.69 Å². The van der Waals surface area contributed by atoms with Gasteiger partial charge in [-0.3, -0.25) is 0 Å². The molecule has 1 N–H and O–H groups in total. The lowest BCUT2D eigenvalue weighted by molar-refractivity contribution is 0.355. The molecule has 3 rings (SSSR count). The van der Waals surface area contributed by atoms with E-state index < -0.39 is 0 Å². The van der Waals surface area contributed by atoms with Gasteiger partial charge in [-0.25, -0.2) is 0 Å². The predicted molar refractivity (Wildman–Crippen MR) is 93.9 cm³/mol. The molecule has 2 heterocycles. The zero-order chi connectivity index (χ0) is 17.1. The number of nitrogens with zero attached hydrogens (tertiary/aromatic N) is 2. The van der Waals surface area contributed by atoms with E-state index in [0.29, 0.717) is 23.3 Å². The molecule has 6 nitrogen and oxygen atoms in total. The lowest BCUT2D eigenvalue weighted by atomic mass is 10.1. The minimum atomic E-state index is -0.136. The Morgan fingerprint density at radius 1 is 1.17 bits per heavy atom. The number of methoxy groups -OCH3 is 2. The molecule has 7 heteroatoms. The summed E-state index contributed by atoms with van der Waals surface area (Å²) in [4.78, 5) is 0.961. The van der Waals surface area contributed by atoms with Crippen molar-refractivity contribution in [1.29, 1.82) is 0 Å². The van der Waals surface area contributed by atoms with E-state index in [1.165, 1.54) is 0 Å². The number of benzene rings is 1. The summed E-state index contributed by atoms with van der Waals surface area (Å²) in [6.07, 6.45) is 0. The molecule has 0 unspecified atom stereocenters. The second-order valence-corrected chi connectivity index (χ2v) is 6.26. The molecule has 0 aliphatic rings. The molecule has 0 saturated heterocycles. The molecule has 0 fully saturated rings. The van der Waals surface area contributed by atoms with Gasteiger partial charge in [0, 0.05) is 11.8 Å². The quantitative estimate of drug-likeness (QED) is 0.718. The van der Waals surface area contributed by atoms with Crippen LogP contribution in [0.2, 0.25) is 0 Å². The summed E-state index contributed by atoms with van der Waals surface area (Å²) in [5.41, 5.74) is 1.97. The molecule has 0 saturated carbocycles. The summed E-state index contributed by atoms with van der Waals surface area (Å²) in [6, 6.07) is 7.61. The third-order valence-electron chi connectivity index (χ3n) is 3.65. The van der Waals surface area contributed by atoms with Gasteiger partial charge in [-0.2, -0.15) is 0 Å². The van der Waals surface area contributed by atoms with Gasteiger partial charge in [0.1, 0.15) is 6.04 Å². The number of aromatic nitrogens is 2. The van der Waals surface area contributed by atoms with Crippen LogP contribution in [0, 0.1) is 6.92 Å². The Hall–Kier alpha value is -2.54. The molecule has 24 heavy (non-hydrogen) atoms. The van der Waals surface area contributed by atoms with Crippen LogP contribution in [0.3, 0.4) is 0 Å². The number of ether oxygens (including phenoxy) is 2. The first-order chi connectivity index (χ1) is 11.6. The fraction of sp³-hybridized carbons (Fsp3) is 0.294. The molecule has 0 bridgehead atoms. The average Bonchev–Trinajstić information content (AvgIpc) is 3.27. The van der Waals surface area contributed by atoms with E-state index in [1.54, 1.807) is 25.6 Å². The van der Waals surface area contributed by atoms with Crippen LogP contribution >= 0.6 is 11.3 Å². The molecule has 1 aromatic carbocycles. The Kier molecular flexibility index (Phi) is 4.71. The van der Waals surface area contributed by atoms with E-state index in [9.17, 15) is 0 Å². The van der Waals surface area contributed by atoms with Gasteiger partial charge < -0.3 is 19.2 Å². The van der Waals surface area contributed by atoms with Crippen LogP contribution in [0.25, 0.3) is 10.8 Å². The maximum atomic E-state index is 5.77. The normalized spacial score (nSPS) is 12.0. The highest BCUT2D eigenvalue weighted by Gasteiger charge is 2.17. The molecule has 3 aromatic rings. The van der Waals surface area contributed by atoms with E-state index in [2.05, 4.69) is 15.5 Å². The smallest absolute Gasteiger partial charge is 0.257 e. The highest BCUT2D eigenvalue weighted by molar-refractivity contribution is 7.13. The SMILES string of the molecule is COc1cc(C)c(N[C@@H](C)c2nnc(-c3cccs3)o2)cc1OC. The number of anilines is 1. The third-order valence-corrected chi connectivity index (χ3v) is 4.50. The molecule has 2 aromatic heterocycles. The number of hydrogen-bond donors (Lipinski definition) is 1. The second kappa shape index (κ2) is 6.92. The van der Waals surface area contributed by atoms with Gasteiger partial charge in [-0.1, -0.05) is 6.07 Å². The Labute approximate surface area is 144 Å². The topological polar surface area (TPSA) is 69.4 Å². The second-order valence-electron chi connectivity index (χ2n) is 5.31. The van der Waals surface area contributed by atoms with Gasteiger partial charge >= 0.3 is 0 Å². The first-order valence-electron chi connectivity index (χ1n) is 7.48. The average molecular weight is 345 g/mol. The third kappa shape index (κ3) is 3.21. The number of nitrogens with one attached hydrogen (secondary N) is 1. The molecular weight excluding hydrogens is 326 g/mol. The van der Waals surface area contributed by atoms with Crippen molar-refractivity contribution in [2.24, 2.45) is 0 Å². The zero-order valence-corrected chi connectivity index (χ0v) is 14.8.